The summed E-state index contributed by atoms with van der Waals surface area (Å²) in [5, 5.41) is 11.1. The van der Waals surface area contributed by atoms with E-state index in [-0.39, 0.29) is 0 Å². The Hall–Kier alpha value is -1.71. The normalized spacial score (nSPS) is 11.3. The van der Waals surface area contributed by atoms with Crippen LogP contribution in [0, 0.1) is 4.91 Å². The molecule has 0 unspecified atom stereocenters. The van der Waals surface area contributed by atoms with Gasteiger partial charge in [0.05, 0.1) is 0 Å². The average molecular weight is 153 g/mol. The number of aliphatic hydroxyl groups is 1. The monoisotopic (exact) mass is 153 g/mol. The molecule has 0 bridgehead atoms. The van der Waals surface area contributed by atoms with Gasteiger partial charge in [0.15, 0.2) is 5.70 Å². The van der Waals surface area contributed by atoms with Crippen molar-refractivity contribution in [1.29, 1.82) is 0 Å². The summed E-state index contributed by atoms with van der Waals surface area (Å²) in [5.41, 5.74) is -0.574. The number of nitroso groups, excluding NO2 is 1. The molecule has 4 nitrogen and oxygen atoms in total. The third-order valence-electron chi connectivity index (χ3n) is 0.946. The molecule has 1 N–H and O–H groups in total. The largest absolute Gasteiger partial charge is 0.505 e. The van der Waals surface area contributed by atoms with Gasteiger partial charge in [0, 0.05) is 0 Å². The minimum absolute atomic E-state index is 0.537. The number of hydrogen-bond donors (Lipinski definition) is 1. The van der Waals surface area contributed by atoms with Gasteiger partial charge < -0.3 is 5.11 Å². The van der Waals surface area contributed by atoms with Crippen LogP contribution < -0.4 is 0 Å². The van der Waals surface area contributed by atoms with Crippen LogP contribution in [0.5, 0.6) is 0 Å². The first kappa shape index (κ1) is 9.29. The third kappa shape index (κ3) is 2.17. The molecule has 4 heteroatoms. The summed E-state index contributed by atoms with van der Waals surface area (Å²) in [6, 6.07) is 0. The molecule has 0 rings (SSSR count). The van der Waals surface area contributed by atoms with Gasteiger partial charge in [0.2, 0.25) is 5.78 Å². The van der Waals surface area contributed by atoms with Gasteiger partial charge in [-0.05, 0) is 17.3 Å². The van der Waals surface area contributed by atoms with Gasteiger partial charge in [0.1, 0.15) is 5.76 Å². The van der Waals surface area contributed by atoms with E-state index in [1.54, 1.807) is 0 Å². The van der Waals surface area contributed by atoms with Gasteiger partial charge >= 0.3 is 0 Å². The number of allylic oxidation sites excluding steroid dienone is 2. The molecule has 0 aromatic heterocycles. The molecule has 0 spiro atoms. The zero-order valence-corrected chi connectivity index (χ0v) is 5.78. The Morgan fingerprint density at radius 2 is 1.91 bits per heavy atom. The Labute approximate surface area is 63.5 Å². The first-order valence-corrected chi connectivity index (χ1v) is 2.73. The number of ketones is 1. The number of rotatable bonds is 4. The van der Waals surface area contributed by atoms with Crippen LogP contribution in [-0.2, 0) is 4.79 Å². The Bertz CT molecular complexity index is 240. The molecule has 0 aliphatic carbocycles. The molecular weight excluding hydrogens is 146 g/mol. The van der Waals surface area contributed by atoms with Gasteiger partial charge in [-0.15, -0.1) is 4.91 Å². The van der Waals surface area contributed by atoms with Crippen LogP contribution in [0.3, 0.4) is 0 Å². The summed E-state index contributed by atoms with van der Waals surface area (Å²) in [6.45, 7) is 6.27. The molecule has 58 valence electrons. The van der Waals surface area contributed by atoms with Crippen LogP contribution in [0.25, 0.3) is 0 Å². The highest BCUT2D eigenvalue weighted by Crippen LogP contribution is 2.05. The van der Waals surface area contributed by atoms with E-state index in [9.17, 15) is 9.70 Å². The van der Waals surface area contributed by atoms with Gasteiger partial charge in [0.25, 0.3) is 0 Å². The van der Waals surface area contributed by atoms with Crippen molar-refractivity contribution in [3.63, 3.8) is 0 Å². The van der Waals surface area contributed by atoms with Gasteiger partial charge in [-0.1, -0.05) is 13.2 Å². The Balaban J connectivity index is 4.93. The number of carbonyl (C=O) groups is 1. The second-order valence-corrected chi connectivity index (χ2v) is 1.60. The Morgan fingerprint density at radius 3 is 2.18 bits per heavy atom. The first-order chi connectivity index (χ1) is 5.17. The predicted molar refractivity (Wildman–Crippen MR) is 40.9 cm³/mol. The minimum atomic E-state index is -0.725. The summed E-state index contributed by atoms with van der Waals surface area (Å²) in [6.07, 6.45) is 1.84. The molecule has 0 aromatic rings. The zero-order chi connectivity index (χ0) is 8.85. The van der Waals surface area contributed by atoms with Crippen molar-refractivity contribution in [1.82, 2.24) is 0 Å². The molecule has 0 aliphatic heterocycles. The second kappa shape index (κ2) is 4.16. The molecule has 0 saturated carbocycles. The van der Waals surface area contributed by atoms with Crippen LogP contribution in [0.1, 0.15) is 0 Å². The fourth-order valence-electron chi connectivity index (χ4n) is 0.411. The zero-order valence-electron chi connectivity index (χ0n) is 5.78. The summed E-state index contributed by atoms with van der Waals surface area (Å²) >= 11 is 0. The molecule has 11 heavy (non-hydrogen) atoms. The van der Waals surface area contributed by atoms with Crippen molar-refractivity contribution in [2.24, 2.45) is 5.18 Å². The lowest BCUT2D eigenvalue weighted by Crippen LogP contribution is -1.98. The number of aliphatic hydroxyl groups excluding tert-OH is 1. The quantitative estimate of drug-likeness (QED) is 0.288. The highest BCUT2D eigenvalue weighted by Gasteiger charge is 2.10. The number of carbonyl (C=O) groups excluding carboxylic acids is 1. The molecule has 0 heterocycles. The van der Waals surface area contributed by atoms with Crippen LogP contribution in [0.2, 0.25) is 0 Å². The van der Waals surface area contributed by atoms with E-state index in [4.69, 9.17) is 5.11 Å². The molecule has 0 amide bonds. The summed E-state index contributed by atoms with van der Waals surface area (Å²) < 4.78 is 0. The van der Waals surface area contributed by atoms with E-state index in [1.165, 1.54) is 0 Å². The molecule has 0 fully saturated rings. The summed E-state index contributed by atoms with van der Waals surface area (Å²) in [4.78, 5) is 20.6. The number of nitrogens with zero attached hydrogens (tertiary/aromatic N) is 1. The smallest absolute Gasteiger partial charge is 0.211 e. The van der Waals surface area contributed by atoms with Gasteiger partial charge in [-0.3, -0.25) is 4.79 Å². The molecule has 0 saturated heterocycles. The summed E-state index contributed by atoms with van der Waals surface area (Å²) in [5.74, 6) is -1.26. The average Bonchev–Trinajstić information content (AvgIpc) is 2.05. The van der Waals surface area contributed by atoms with E-state index in [1.807, 2.05) is 0 Å². The van der Waals surface area contributed by atoms with Crippen LogP contribution in [0.4, 0.5) is 0 Å². The molecule has 0 aromatic carbocycles. The Kier molecular flexibility index (Phi) is 3.51. The highest BCUT2D eigenvalue weighted by atomic mass is 16.3. The maximum Gasteiger partial charge on any atom is 0.211 e. The van der Waals surface area contributed by atoms with E-state index in [2.05, 4.69) is 18.3 Å². The lowest BCUT2D eigenvalue weighted by molar-refractivity contribution is -0.111. The molecular formula is C7H7NO3. The van der Waals surface area contributed by atoms with E-state index >= 15 is 0 Å². The summed E-state index contributed by atoms with van der Waals surface area (Å²) in [7, 11) is 0. The lowest BCUT2D eigenvalue weighted by atomic mass is 10.2. The van der Waals surface area contributed by atoms with E-state index in [0.29, 0.717) is 0 Å². The maximum absolute atomic E-state index is 10.7. The SMILES string of the molecule is C=CC(=O)C(N=O)=C(O)C=C. The maximum atomic E-state index is 10.7. The fourth-order valence-corrected chi connectivity index (χ4v) is 0.411. The van der Waals surface area contributed by atoms with Crippen LogP contribution in [-0.4, -0.2) is 10.9 Å². The van der Waals surface area contributed by atoms with Crippen LogP contribution in [0.15, 0.2) is 41.9 Å². The first-order valence-electron chi connectivity index (χ1n) is 2.73. The van der Waals surface area contributed by atoms with Gasteiger partial charge in [-0.2, -0.15) is 0 Å². The molecule has 0 aliphatic rings. The van der Waals surface area contributed by atoms with Crippen molar-refractivity contribution in [2.45, 2.75) is 0 Å². The fraction of sp³-hybridized carbons (Fsp3) is 0. The molecule has 0 radical (unpaired) electrons. The van der Waals surface area contributed by atoms with E-state index < -0.39 is 17.2 Å². The Morgan fingerprint density at radius 1 is 1.36 bits per heavy atom. The third-order valence-corrected chi connectivity index (χ3v) is 0.946. The predicted octanol–water partition coefficient (Wildman–Crippen LogP) is 1.46. The highest BCUT2D eigenvalue weighted by molar-refractivity contribution is 6.03. The van der Waals surface area contributed by atoms with Crippen LogP contribution >= 0.6 is 0 Å². The lowest BCUT2D eigenvalue weighted by Gasteiger charge is -1.92. The van der Waals surface area contributed by atoms with Gasteiger partial charge in [-0.25, -0.2) is 0 Å². The minimum Gasteiger partial charge on any atom is -0.505 e. The second-order valence-electron chi connectivity index (χ2n) is 1.60. The van der Waals surface area contributed by atoms with Crippen molar-refractivity contribution >= 4 is 5.78 Å². The number of hydrogen-bond acceptors (Lipinski definition) is 4. The molecule has 0 atom stereocenters. The van der Waals surface area contributed by atoms with Crippen molar-refractivity contribution in [3.05, 3.63) is 41.7 Å². The van der Waals surface area contributed by atoms with Crippen molar-refractivity contribution in [2.75, 3.05) is 0 Å². The standard InChI is InChI=1S/C7H7NO3/c1-3-5(9)7(8-11)6(10)4-2/h3-4,9H,1-2H2. The topological polar surface area (TPSA) is 66.7 Å². The van der Waals surface area contributed by atoms with E-state index in [0.717, 1.165) is 12.2 Å². The van der Waals surface area contributed by atoms with Crippen molar-refractivity contribution < 1.29 is 9.90 Å². The van der Waals surface area contributed by atoms with Crippen molar-refractivity contribution in [3.8, 4) is 0 Å².